The lowest BCUT2D eigenvalue weighted by molar-refractivity contribution is 0.102. The van der Waals surface area contributed by atoms with Crippen LogP contribution in [-0.2, 0) is 0 Å². The zero-order valence-corrected chi connectivity index (χ0v) is 11.7. The summed E-state index contributed by atoms with van der Waals surface area (Å²) >= 11 is 11.7. The maximum atomic E-state index is 12.1. The fraction of sp³-hybridized carbons (Fsp3) is 0.0714. The van der Waals surface area contributed by atoms with Crippen molar-refractivity contribution in [3.05, 3.63) is 57.6 Å². The minimum atomic E-state index is -0.257. The standard InChI is InChI=1S/C14H12Cl2N2O/c1-8-12(17)3-2-4-13(8)18-14(19)9-5-6-10(15)11(16)7-9/h2-7H,17H2,1H3,(H,18,19). The highest BCUT2D eigenvalue weighted by molar-refractivity contribution is 6.42. The van der Waals surface area contributed by atoms with Crippen LogP contribution in [0.1, 0.15) is 15.9 Å². The molecule has 0 unspecified atom stereocenters. The van der Waals surface area contributed by atoms with Crippen molar-refractivity contribution >= 4 is 40.5 Å². The quantitative estimate of drug-likeness (QED) is 0.818. The van der Waals surface area contributed by atoms with Gasteiger partial charge < -0.3 is 11.1 Å². The number of anilines is 2. The van der Waals surface area contributed by atoms with Crippen molar-refractivity contribution in [1.29, 1.82) is 0 Å². The third kappa shape index (κ3) is 3.00. The molecule has 0 aromatic heterocycles. The molecular formula is C14H12Cl2N2O. The van der Waals surface area contributed by atoms with Crippen molar-refractivity contribution < 1.29 is 4.79 Å². The van der Waals surface area contributed by atoms with Crippen LogP contribution in [0.5, 0.6) is 0 Å². The molecule has 0 aliphatic carbocycles. The second kappa shape index (κ2) is 5.51. The molecule has 0 saturated carbocycles. The number of carbonyl (C=O) groups excluding carboxylic acids is 1. The largest absolute Gasteiger partial charge is 0.398 e. The monoisotopic (exact) mass is 294 g/mol. The van der Waals surface area contributed by atoms with Gasteiger partial charge in [-0.05, 0) is 42.8 Å². The van der Waals surface area contributed by atoms with Gasteiger partial charge in [0.15, 0.2) is 0 Å². The Labute approximate surface area is 121 Å². The van der Waals surface area contributed by atoms with Gasteiger partial charge in [0.1, 0.15) is 0 Å². The Hall–Kier alpha value is -1.71. The highest BCUT2D eigenvalue weighted by atomic mass is 35.5. The van der Waals surface area contributed by atoms with Crippen molar-refractivity contribution in [3.63, 3.8) is 0 Å². The SMILES string of the molecule is Cc1c(N)cccc1NC(=O)c1ccc(Cl)c(Cl)c1. The van der Waals surface area contributed by atoms with E-state index in [2.05, 4.69) is 5.32 Å². The molecule has 0 aliphatic rings. The number of rotatable bonds is 2. The zero-order valence-electron chi connectivity index (χ0n) is 10.2. The summed E-state index contributed by atoms with van der Waals surface area (Å²) in [5.74, 6) is -0.257. The molecule has 98 valence electrons. The number of nitrogen functional groups attached to an aromatic ring is 1. The zero-order chi connectivity index (χ0) is 14.0. The van der Waals surface area contributed by atoms with Gasteiger partial charge in [-0.15, -0.1) is 0 Å². The van der Waals surface area contributed by atoms with E-state index in [-0.39, 0.29) is 5.91 Å². The van der Waals surface area contributed by atoms with Gasteiger partial charge >= 0.3 is 0 Å². The molecule has 0 spiro atoms. The van der Waals surface area contributed by atoms with E-state index in [4.69, 9.17) is 28.9 Å². The van der Waals surface area contributed by atoms with Crippen LogP contribution in [0.15, 0.2) is 36.4 Å². The van der Waals surface area contributed by atoms with Gasteiger partial charge in [0.25, 0.3) is 5.91 Å². The molecule has 19 heavy (non-hydrogen) atoms. The lowest BCUT2D eigenvalue weighted by atomic mass is 10.1. The summed E-state index contributed by atoms with van der Waals surface area (Å²) in [6.07, 6.45) is 0. The Balaban J connectivity index is 2.26. The third-order valence-electron chi connectivity index (χ3n) is 2.81. The first-order chi connectivity index (χ1) is 8.99. The van der Waals surface area contributed by atoms with Crippen molar-refractivity contribution in [2.45, 2.75) is 6.92 Å². The Kier molecular flexibility index (Phi) is 3.98. The first kappa shape index (κ1) is 13.7. The Morgan fingerprint density at radius 3 is 2.58 bits per heavy atom. The summed E-state index contributed by atoms with van der Waals surface area (Å²) in [4.78, 5) is 12.1. The van der Waals surface area contributed by atoms with Gasteiger partial charge in [-0.3, -0.25) is 4.79 Å². The summed E-state index contributed by atoms with van der Waals surface area (Å²) in [5, 5.41) is 3.55. The second-order valence-corrected chi connectivity index (χ2v) is 4.92. The average molecular weight is 295 g/mol. The van der Waals surface area contributed by atoms with Crippen molar-refractivity contribution in [2.24, 2.45) is 0 Å². The number of nitrogens with two attached hydrogens (primary N) is 1. The lowest BCUT2D eigenvalue weighted by Gasteiger charge is -2.10. The number of nitrogens with one attached hydrogen (secondary N) is 1. The van der Waals surface area contributed by atoms with Gasteiger partial charge in [0, 0.05) is 16.9 Å². The van der Waals surface area contributed by atoms with E-state index >= 15 is 0 Å². The van der Waals surface area contributed by atoms with Gasteiger partial charge in [0.05, 0.1) is 10.0 Å². The maximum Gasteiger partial charge on any atom is 0.255 e. The fourth-order valence-electron chi connectivity index (χ4n) is 1.62. The number of amides is 1. The van der Waals surface area contributed by atoms with E-state index in [0.717, 1.165) is 5.56 Å². The molecule has 2 rings (SSSR count). The molecule has 3 N–H and O–H groups in total. The smallest absolute Gasteiger partial charge is 0.255 e. The molecule has 3 nitrogen and oxygen atoms in total. The molecule has 1 amide bonds. The molecule has 0 radical (unpaired) electrons. The molecule has 0 saturated heterocycles. The van der Waals surface area contributed by atoms with Gasteiger partial charge in [-0.25, -0.2) is 0 Å². The third-order valence-corrected chi connectivity index (χ3v) is 3.54. The maximum absolute atomic E-state index is 12.1. The van der Waals surface area contributed by atoms with E-state index in [1.165, 1.54) is 6.07 Å². The highest BCUT2D eigenvalue weighted by Crippen LogP contribution is 2.24. The van der Waals surface area contributed by atoms with Crippen molar-refractivity contribution in [3.8, 4) is 0 Å². The number of hydrogen-bond acceptors (Lipinski definition) is 2. The molecule has 0 bridgehead atoms. The summed E-state index contributed by atoms with van der Waals surface area (Å²) in [7, 11) is 0. The van der Waals surface area contributed by atoms with Crippen LogP contribution in [-0.4, -0.2) is 5.91 Å². The topological polar surface area (TPSA) is 55.1 Å². The summed E-state index contributed by atoms with van der Waals surface area (Å²) in [6, 6.07) is 10.1. The Bertz CT molecular complexity index is 641. The molecule has 5 heteroatoms. The van der Waals surface area contributed by atoms with Crippen LogP contribution < -0.4 is 11.1 Å². The number of hydrogen-bond donors (Lipinski definition) is 2. The number of halogens is 2. The van der Waals surface area contributed by atoms with E-state index in [1.54, 1.807) is 30.3 Å². The van der Waals surface area contributed by atoms with E-state index in [9.17, 15) is 4.79 Å². The van der Waals surface area contributed by atoms with Gasteiger partial charge in [-0.2, -0.15) is 0 Å². The molecule has 2 aromatic rings. The van der Waals surface area contributed by atoms with Gasteiger partial charge in [-0.1, -0.05) is 29.3 Å². The minimum Gasteiger partial charge on any atom is -0.398 e. The van der Waals surface area contributed by atoms with Gasteiger partial charge in [0.2, 0.25) is 0 Å². The Morgan fingerprint density at radius 1 is 1.16 bits per heavy atom. The van der Waals surface area contributed by atoms with Crippen molar-refractivity contribution in [2.75, 3.05) is 11.1 Å². The van der Waals surface area contributed by atoms with E-state index in [0.29, 0.717) is 27.0 Å². The normalized spacial score (nSPS) is 10.3. The van der Waals surface area contributed by atoms with Crippen molar-refractivity contribution in [1.82, 2.24) is 0 Å². The minimum absolute atomic E-state index is 0.257. The Morgan fingerprint density at radius 2 is 1.89 bits per heavy atom. The average Bonchev–Trinajstić information content (AvgIpc) is 2.38. The molecular weight excluding hydrogens is 283 g/mol. The number of carbonyl (C=O) groups is 1. The molecule has 0 fully saturated rings. The van der Waals surface area contributed by atoms with E-state index < -0.39 is 0 Å². The summed E-state index contributed by atoms with van der Waals surface area (Å²) in [5.41, 5.74) is 8.37. The van der Waals surface area contributed by atoms with Crippen LogP contribution in [0.3, 0.4) is 0 Å². The number of benzene rings is 2. The van der Waals surface area contributed by atoms with E-state index in [1.807, 2.05) is 6.92 Å². The summed E-state index contributed by atoms with van der Waals surface area (Å²) in [6.45, 7) is 1.85. The predicted octanol–water partition coefficient (Wildman–Crippen LogP) is 4.14. The molecule has 2 aromatic carbocycles. The summed E-state index contributed by atoms with van der Waals surface area (Å²) < 4.78 is 0. The first-order valence-electron chi connectivity index (χ1n) is 5.60. The van der Waals surface area contributed by atoms with Crippen LogP contribution in [0, 0.1) is 6.92 Å². The predicted molar refractivity (Wildman–Crippen MR) is 80.0 cm³/mol. The van der Waals surface area contributed by atoms with Crippen LogP contribution in [0.25, 0.3) is 0 Å². The van der Waals surface area contributed by atoms with Crippen LogP contribution in [0.2, 0.25) is 10.0 Å². The lowest BCUT2D eigenvalue weighted by Crippen LogP contribution is -2.13. The fourth-order valence-corrected chi connectivity index (χ4v) is 1.92. The van der Waals surface area contributed by atoms with Crippen LogP contribution in [0.4, 0.5) is 11.4 Å². The molecule has 0 atom stereocenters. The van der Waals surface area contributed by atoms with Crippen LogP contribution >= 0.6 is 23.2 Å². The molecule has 0 heterocycles. The molecule has 0 aliphatic heterocycles. The second-order valence-electron chi connectivity index (χ2n) is 4.10. The highest BCUT2D eigenvalue weighted by Gasteiger charge is 2.10. The first-order valence-corrected chi connectivity index (χ1v) is 6.36.